The summed E-state index contributed by atoms with van der Waals surface area (Å²) in [5.41, 5.74) is 1.20. The quantitative estimate of drug-likeness (QED) is 0.898. The van der Waals surface area contributed by atoms with Crippen LogP contribution in [0.4, 0.5) is 0 Å². The van der Waals surface area contributed by atoms with Gasteiger partial charge in [-0.3, -0.25) is 0 Å². The number of aliphatic hydroxyl groups excluding tert-OH is 1. The smallest absolute Gasteiger partial charge is 0.138 e. The van der Waals surface area contributed by atoms with Crippen LogP contribution in [0.1, 0.15) is 31.9 Å². The lowest BCUT2D eigenvalue weighted by atomic mass is 9.97. The molecule has 0 saturated carbocycles. The summed E-state index contributed by atoms with van der Waals surface area (Å²) in [4.78, 5) is 0. The lowest BCUT2D eigenvalue weighted by Crippen LogP contribution is -2.38. The first kappa shape index (κ1) is 13.8. The van der Waals surface area contributed by atoms with Crippen LogP contribution in [0.5, 0.6) is 5.75 Å². The minimum Gasteiger partial charge on any atom is -0.492 e. The molecule has 0 bridgehead atoms. The van der Waals surface area contributed by atoms with Gasteiger partial charge in [0.25, 0.3) is 0 Å². The van der Waals surface area contributed by atoms with Crippen LogP contribution in [0, 0.1) is 5.92 Å². The number of hydrogen-bond donors (Lipinski definition) is 2. The number of benzene rings is 1. The molecule has 4 heteroatoms. The largest absolute Gasteiger partial charge is 0.492 e. The lowest BCUT2D eigenvalue weighted by Gasteiger charge is -2.31. The van der Waals surface area contributed by atoms with Crippen LogP contribution >= 0.6 is 15.9 Å². The Balaban J connectivity index is 2.15. The van der Waals surface area contributed by atoms with E-state index in [2.05, 4.69) is 41.2 Å². The van der Waals surface area contributed by atoms with E-state index >= 15 is 0 Å². The molecule has 0 aromatic heterocycles. The van der Waals surface area contributed by atoms with Crippen molar-refractivity contribution in [1.29, 1.82) is 0 Å². The van der Waals surface area contributed by atoms with Crippen LogP contribution in [0.3, 0.4) is 0 Å². The number of rotatable bonds is 4. The molecule has 3 unspecified atom stereocenters. The molecule has 0 radical (unpaired) electrons. The van der Waals surface area contributed by atoms with Gasteiger partial charge >= 0.3 is 0 Å². The van der Waals surface area contributed by atoms with E-state index in [-0.39, 0.29) is 18.6 Å². The Morgan fingerprint density at radius 2 is 2.28 bits per heavy atom. The molecular formula is C14H20BrNO2. The van der Waals surface area contributed by atoms with Crippen molar-refractivity contribution < 1.29 is 9.84 Å². The van der Waals surface area contributed by atoms with Crippen molar-refractivity contribution in [3.05, 3.63) is 28.2 Å². The van der Waals surface area contributed by atoms with Gasteiger partial charge in [-0.1, -0.05) is 19.1 Å². The number of nitrogens with one attached hydrogen (secondary N) is 1. The van der Waals surface area contributed by atoms with E-state index in [4.69, 9.17) is 4.74 Å². The molecule has 3 nitrogen and oxygen atoms in total. The normalized spacial score (nSPS) is 21.9. The van der Waals surface area contributed by atoms with Crippen LogP contribution in [-0.2, 0) is 0 Å². The van der Waals surface area contributed by atoms with Crippen LogP contribution in [-0.4, -0.2) is 24.4 Å². The number of halogens is 1. The second-order valence-electron chi connectivity index (χ2n) is 4.96. The van der Waals surface area contributed by atoms with Crippen LogP contribution < -0.4 is 10.1 Å². The van der Waals surface area contributed by atoms with E-state index in [0.717, 1.165) is 23.2 Å². The maximum Gasteiger partial charge on any atom is 0.138 e. The third-order valence-electron chi connectivity index (χ3n) is 3.63. The van der Waals surface area contributed by atoms with E-state index in [0.29, 0.717) is 6.04 Å². The van der Waals surface area contributed by atoms with Crippen LogP contribution in [0.25, 0.3) is 0 Å². The summed E-state index contributed by atoms with van der Waals surface area (Å²) in [5, 5.41) is 12.8. The Morgan fingerprint density at radius 3 is 3.00 bits per heavy atom. The van der Waals surface area contributed by atoms with Crippen molar-refractivity contribution in [2.24, 2.45) is 5.92 Å². The summed E-state index contributed by atoms with van der Waals surface area (Å²) in [7, 11) is 0. The Labute approximate surface area is 117 Å². The molecule has 1 aliphatic heterocycles. The Bertz CT molecular complexity index is 411. The highest BCUT2D eigenvalue weighted by Gasteiger charge is 2.25. The summed E-state index contributed by atoms with van der Waals surface area (Å²) in [5.74, 6) is 1.20. The first-order valence-electron chi connectivity index (χ1n) is 6.41. The Morgan fingerprint density at radius 1 is 1.50 bits per heavy atom. The predicted molar refractivity (Wildman–Crippen MR) is 75.8 cm³/mol. The first-order chi connectivity index (χ1) is 8.63. The highest BCUT2D eigenvalue weighted by Crippen LogP contribution is 2.37. The van der Waals surface area contributed by atoms with Gasteiger partial charge in [-0.15, -0.1) is 0 Å². The highest BCUT2D eigenvalue weighted by atomic mass is 79.9. The first-order valence-corrected chi connectivity index (χ1v) is 7.21. The third-order valence-corrected chi connectivity index (χ3v) is 4.26. The Hall–Kier alpha value is -0.580. The van der Waals surface area contributed by atoms with Gasteiger partial charge < -0.3 is 15.2 Å². The standard InChI is InChI=1S/C14H20BrNO2/c1-9(8-17)10(2)16-13-6-7-18-14-11(13)4-3-5-12(14)15/h3-5,9-10,13,16-17H,6-8H2,1-2H3. The van der Waals surface area contributed by atoms with Gasteiger partial charge in [0.15, 0.2) is 0 Å². The van der Waals surface area contributed by atoms with Gasteiger partial charge in [0.2, 0.25) is 0 Å². The summed E-state index contributed by atoms with van der Waals surface area (Å²) in [6, 6.07) is 6.72. The van der Waals surface area contributed by atoms with Crippen molar-refractivity contribution in [1.82, 2.24) is 5.32 Å². The van der Waals surface area contributed by atoms with Gasteiger partial charge in [0, 0.05) is 30.7 Å². The topological polar surface area (TPSA) is 41.5 Å². The van der Waals surface area contributed by atoms with E-state index in [1.54, 1.807) is 0 Å². The van der Waals surface area contributed by atoms with E-state index < -0.39 is 0 Å². The maximum atomic E-state index is 9.20. The van der Waals surface area contributed by atoms with Crippen molar-refractivity contribution in [3.63, 3.8) is 0 Å². The zero-order valence-electron chi connectivity index (χ0n) is 10.8. The second-order valence-corrected chi connectivity index (χ2v) is 5.82. The molecule has 1 aliphatic rings. The molecule has 1 aromatic rings. The zero-order valence-corrected chi connectivity index (χ0v) is 12.4. The molecule has 1 aromatic carbocycles. The van der Waals surface area contributed by atoms with E-state index in [1.165, 1.54) is 5.56 Å². The minimum atomic E-state index is 0.211. The van der Waals surface area contributed by atoms with E-state index in [9.17, 15) is 5.11 Å². The summed E-state index contributed by atoms with van der Waals surface area (Å²) >= 11 is 3.53. The highest BCUT2D eigenvalue weighted by molar-refractivity contribution is 9.10. The molecule has 100 valence electrons. The fourth-order valence-electron chi connectivity index (χ4n) is 2.20. The summed E-state index contributed by atoms with van der Waals surface area (Å²) in [6.45, 7) is 5.11. The molecule has 0 amide bonds. The molecule has 0 fully saturated rings. The molecule has 1 heterocycles. The Kier molecular flexibility index (Phi) is 4.65. The van der Waals surface area contributed by atoms with Gasteiger partial charge in [-0.2, -0.15) is 0 Å². The average molecular weight is 314 g/mol. The monoisotopic (exact) mass is 313 g/mol. The number of ether oxygens (including phenoxy) is 1. The van der Waals surface area contributed by atoms with Crippen molar-refractivity contribution >= 4 is 15.9 Å². The molecule has 2 N–H and O–H groups in total. The van der Waals surface area contributed by atoms with Crippen LogP contribution in [0.15, 0.2) is 22.7 Å². The maximum absolute atomic E-state index is 9.20. The zero-order chi connectivity index (χ0) is 13.1. The summed E-state index contributed by atoms with van der Waals surface area (Å²) in [6.07, 6.45) is 0.964. The van der Waals surface area contributed by atoms with Crippen molar-refractivity contribution in [3.8, 4) is 5.75 Å². The van der Waals surface area contributed by atoms with Crippen molar-refractivity contribution in [2.45, 2.75) is 32.4 Å². The fourth-order valence-corrected chi connectivity index (χ4v) is 2.70. The minimum absolute atomic E-state index is 0.211. The molecule has 0 spiro atoms. The molecule has 0 saturated heterocycles. The fraction of sp³-hybridized carbons (Fsp3) is 0.571. The number of fused-ring (bicyclic) bond motifs is 1. The predicted octanol–water partition coefficient (Wildman–Crippen LogP) is 2.88. The van der Waals surface area contributed by atoms with E-state index in [1.807, 2.05) is 12.1 Å². The summed E-state index contributed by atoms with van der Waals surface area (Å²) < 4.78 is 6.73. The molecular weight excluding hydrogens is 294 g/mol. The van der Waals surface area contributed by atoms with Crippen molar-refractivity contribution in [2.75, 3.05) is 13.2 Å². The number of para-hydroxylation sites is 1. The molecule has 3 atom stereocenters. The second kappa shape index (κ2) is 6.04. The van der Waals surface area contributed by atoms with Crippen LogP contribution in [0.2, 0.25) is 0 Å². The lowest BCUT2D eigenvalue weighted by molar-refractivity contribution is 0.186. The number of hydrogen-bond acceptors (Lipinski definition) is 3. The van der Waals surface area contributed by atoms with Gasteiger partial charge in [0.05, 0.1) is 11.1 Å². The number of aliphatic hydroxyl groups is 1. The van der Waals surface area contributed by atoms with Gasteiger partial charge in [0.1, 0.15) is 5.75 Å². The van der Waals surface area contributed by atoms with Gasteiger partial charge in [-0.25, -0.2) is 0 Å². The molecule has 0 aliphatic carbocycles. The average Bonchev–Trinajstić information content (AvgIpc) is 2.39. The SMILES string of the molecule is CC(CO)C(C)NC1CCOc2c(Br)cccc21. The molecule has 2 rings (SSSR count). The molecule has 18 heavy (non-hydrogen) atoms. The van der Waals surface area contributed by atoms with Gasteiger partial charge in [-0.05, 0) is 34.8 Å². The third kappa shape index (κ3) is 2.87.